The molecule has 1 aromatic heterocycles. The van der Waals surface area contributed by atoms with Crippen LogP contribution in [-0.4, -0.2) is 24.0 Å². The predicted octanol–water partition coefficient (Wildman–Crippen LogP) is 3.35. The molecule has 1 saturated heterocycles. The third kappa shape index (κ3) is 2.89. The topological polar surface area (TPSA) is 45.2 Å². The molecule has 1 N–H and O–H groups in total. The Morgan fingerprint density at radius 1 is 1.24 bits per heavy atom. The zero-order valence-corrected chi connectivity index (χ0v) is 12.0. The molecule has 0 aliphatic carbocycles. The number of hydrogen-bond donors (Lipinski definition) is 1. The maximum Gasteiger partial charge on any atom is 0.247 e. The number of hydrogen-bond acceptors (Lipinski definition) is 3. The minimum absolute atomic E-state index is 0.195. The standard InChI is InChI=1S/C17H19N3O/c1-2-16(21)19-14-6-7-15-13(12-14)8-9-18-17(15)20-10-4-3-5-11-20/h2,6-9,12H,1,3-5,10-11H2,(H,19,21). The molecule has 108 valence electrons. The Morgan fingerprint density at radius 3 is 2.81 bits per heavy atom. The normalized spacial score (nSPS) is 15.0. The Kier molecular flexibility index (Phi) is 3.86. The van der Waals surface area contributed by atoms with Crippen LogP contribution < -0.4 is 10.2 Å². The second kappa shape index (κ2) is 5.95. The number of carbonyl (C=O) groups excluding carboxylic acids is 1. The summed E-state index contributed by atoms with van der Waals surface area (Å²) in [5.41, 5.74) is 0.781. The van der Waals surface area contributed by atoms with Crippen molar-refractivity contribution in [2.75, 3.05) is 23.3 Å². The lowest BCUT2D eigenvalue weighted by Gasteiger charge is -2.28. The number of piperidine rings is 1. The quantitative estimate of drug-likeness (QED) is 0.878. The van der Waals surface area contributed by atoms with Gasteiger partial charge in [0.1, 0.15) is 5.82 Å². The van der Waals surface area contributed by atoms with E-state index in [1.165, 1.54) is 25.3 Å². The first-order chi connectivity index (χ1) is 10.3. The van der Waals surface area contributed by atoms with Crippen LogP contribution in [0.2, 0.25) is 0 Å². The van der Waals surface area contributed by atoms with Crippen LogP contribution in [0.5, 0.6) is 0 Å². The summed E-state index contributed by atoms with van der Waals surface area (Å²) in [6, 6.07) is 7.90. The average Bonchev–Trinajstić information content (AvgIpc) is 2.54. The molecule has 0 radical (unpaired) electrons. The second-order valence-electron chi connectivity index (χ2n) is 5.31. The summed E-state index contributed by atoms with van der Waals surface area (Å²) >= 11 is 0. The molecule has 1 amide bonds. The van der Waals surface area contributed by atoms with Gasteiger partial charge in [0.05, 0.1) is 0 Å². The first-order valence-electron chi connectivity index (χ1n) is 7.35. The Balaban J connectivity index is 1.96. The molecule has 21 heavy (non-hydrogen) atoms. The molecule has 0 saturated carbocycles. The summed E-state index contributed by atoms with van der Waals surface area (Å²) in [5.74, 6) is 0.855. The zero-order chi connectivity index (χ0) is 14.7. The highest BCUT2D eigenvalue weighted by atomic mass is 16.1. The van der Waals surface area contributed by atoms with Crippen molar-refractivity contribution in [1.82, 2.24) is 4.98 Å². The van der Waals surface area contributed by atoms with E-state index in [2.05, 4.69) is 21.8 Å². The van der Waals surface area contributed by atoms with Crippen molar-refractivity contribution < 1.29 is 4.79 Å². The van der Waals surface area contributed by atoms with Gasteiger partial charge in [-0.3, -0.25) is 4.79 Å². The Hall–Kier alpha value is -2.36. The van der Waals surface area contributed by atoms with Crippen molar-refractivity contribution in [2.24, 2.45) is 0 Å². The lowest BCUT2D eigenvalue weighted by Crippen LogP contribution is -2.30. The average molecular weight is 281 g/mol. The molecule has 0 unspecified atom stereocenters. The maximum atomic E-state index is 11.4. The van der Waals surface area contributed by atoms with Crippen molar-refractivity contribution in [3.05, 3.63) is 43.1 Å². The number of anilines is 2. The number of fused-ring (bicyclic) bond motifs is 1. The van der Waals surface area contributed by atoms with Gasteiger partial charge in [0.25, 0.3) is 0 Å². The summed E-state index contributed by atoms with van der Waals surface area (Å²) in [6.45, 7) is 5.61. The minimum Gasteiger partial charge on any atom is -0.356 e. The Bertz CT molecular complexity index is 675. The van der Waals surface area contributed by atoms with E-state index in [1.807, 2.05) is 30.5 Å². The van der Waals surface area contributed by atoms with E-state index in [1.54, 1.807) is 0 Å². The molecule has 2 heterocycles. The highest BCUT2D eigenvalue weighted by molar-refractivity contribution is 6.01. The molecule has 1 aromatic carbocycles. The third-order valence-electron chi connectivity index (χ3n) is 3.85. The van der Waals surface area contributed by atoms with Crippen LogP contribution in [0.3, 0.4) is 0 Å². The van der Waals surface area contributed by atoms with Gasteiger partial charge in [-0.2, -0.15) is 0 Å². The Labute approximate surface area is 124 Å². The molecule has 4 heteroatoms. The van der Waals surface area contributed by atoms with Crippen LogP contribution in [0.1, 0.15) is 19.3 Å². The molecule has 1 fully saturated rings. The van der Waals surface area contributed by atoms with Crippen molar-refractivity contribution >= 4 is 28.2 Å². The molecule has 1 aliphatic heterocycles. The van der Waals surface area contributed by atoms with Gasteiger partial charge in [-0.25, -0.2) is 4.98 Å². The first kappa shape index (κ1) is 13.6. The first-order valence-corrected chi connectivity index (χ1v) is 7.35. The minimum atomic E-state index is -0.195. The van der Waals surface area contributed by atoms with Gasteiger partial charge in [0, 0.05) is 30.4 Å². The highest BCUT2D eigenvalue weighted by Crippen LogP contribution is 2.28. The molecule has 0 atom stereocenters. The number of benzene rings is 1. The molecular weight excluding hydrogens is 262 g/mol. The van der Waals surface area contributed by atoms with Gasteiger partial charge in [0.2, 0.25) is 5.91 Å². The van der Waals surface area contributed by atoms with Crippen molar-refractivity contribution in [1.29, 1.82) is 0 Å². The van der Waals surface area contributed by atoms with E-state index < -0.39 is 0 Å². The van der Waals surface area contributed by atoms with E-state index in [4.69, 9.17) is 0 Å². The van der Waals surface area contributed by atoms with Gasteiger partial charge < -0.3 is 10.2 Å². The van der Waals surface area contributed by atoms with Crippen LogP contribution >= 0.6 is 0 Å². The van der Waals surface area contributed by atoms with E-state index in [0.717, 1.165) is 35.4 Å². The van der Waals surface area contributed by atoms with Crippen LogP contribution in [0.25, 0.3) is 10.8 Å². The summed E-state index contributed by atoms with van der Waals surface area (Å²) < 4.78 is 0. The molecule has 0 spiro atoms. The predicted molar refractivity (Wildman–Crippen MR) is 86.6 cm³/mol. The molecule has 3 rings (SSSR count). The van der Waals surface area contributed by atoms with Crippen molar-refractivity contribution in [2.45, 2.75) is 19.3 Å². The monoisotopic (exact) mass is 281 g/mol. The maximum absolute atomic E-state index is 11.4. The van der Waals surface area contributed by atoms with Gasteiger partial charge in [-0.1, -0.05) is 6.58 Å². The fourth-order valence-corrected chi connectivity index (χ4v) is 2.79. The van der Waals surface area contributed by atoms with Crippen LogP contribution in [0, 0.1) is 0 Å². The molecular formula is C17H19N3O. The van der Waals surface area contributed by atoms with Gasteiger partial charge in [0.15, 0.2) is 0 Å². The number of nitrogens with zero attached hydrogens (tertiary/aromatic N) is 2. The molecule has 1 aliphatic rings. The van der Waals surface area contributed by atoms with E-state index in [-0.39, 0.29) is 5.91 Å². The molecule has 2 aromatic rings. The van der Waals surface area contributed by atoms with E-state index in [0.29, 0.717) is 0 Å². The highest BCUT2D eigenvalue weighted by Gasteiger charge is 2.14. The third-order valence-corrected chi connectivity index (χ3v) is 3.85. The van der Waals surface area contributed by atoms with Gasteiger partial charge >= 0.3 is 0 Å². The number of aromatic nitrogens is 1. The Morgan fingerprint density at radius 2 is 2.05 bits per heavy atom. The lowest BCUT2D eigenvalue weighted by molar-refractivity contribution is -0.111. The number of pyridine rings is 1. The lowest BCUT2D eigenvalue weighted by atomic mass is 10.1. The SMILES string of the molecule is C=CC(=O)Nc1ccc2c(N3CCCCC3)nccc2c1. The summed E-state index contributed by atoms with van der Waals surface area (Å²) in [5, 5.41) is 5.02. The molecule has 0 bridgehead atoms. The van der Waals surface area contributed by atoms with Gasteiger partial charge in [-0.05, 0) is 55.0 Å². The van der Waals surface area contributed by atoms with Crippen LogP contribution in [0.4, 0.5) is 11.5 Å². The largest absolute Gasteiger partial charge is 0.356 e. The zero-order valence-electron chi connectivity index (χ0n) is 12.0. The van der Waals surface area contributed by atoms with Crippen LogP contribution in [-0.2, 0) is 4.79 Å². The van der Waals surface area contributed by atoms with Crippen LogP contribution in [0.15, 0.2) is 43.1 Å². The fraction of sp³-hybridized carbons (Fsp3) is 0.294. The summed E-state index contributed by atoms with van der Waals surface area (Å²) in [6.07, 6.45) is 6.87. The van der Waals surface area contributed by atoms with Gasteiger partial charge in [-0.15, -0.1) is 0 Å². The van der Waals surface area contributed by atoms with E-state index in [9.17, 15) is 4.79 Å². The molecule has 4 nitrogen and oxygen atoms in total. The smallest absolute Gasteiger partial charge is 0.247 e. The number of carbonyl (C=O) groups is 1. The second-order valence-corrected chi connectivity index (χ2v) is 5.31. The summed E-state index contributed by atoms with van der Waals surface area (Å²) in [4.78, 5) is 18.3. The fourth-order valence-electron chi connectivity index (χ4n) is 2.79. The van der Waals surface area contributed by atoms with Crippen molar-refractivity contribution in [3.8, 4) is 0 Å². The van der Waals surface area contributed by atoms with Crippen molar-refractivity contribution in [3.63, 3.8) is 0 Å². The number of rotatable bonds is 3. The van der Waals surface area contributed by atoms with E-state index >= 15 is 0 Å². The number of nitrogens with one attached hydrogen (secondary N) is 1. The number of amides is 1. The summed E-state index contributed by atoms with van der Waals surface area (Å²) in [7, 11) is 0.